The van der Waals surface area contributed by atoms with Crippen molar-refractivity contribution in [2.75, 3.05) is 47.3 Å². The average Bonchev–Trinajstić information content (AvgIpc) is 3.47. The number of rotatable bonds is 7. The summed E-state index contributed by atoms with van der Waals surface area (Å²) in [6, 6.07) is 4.19. The van der Waals surface area contributed by atoms with Crippen molar-refractivity contribution in [1.29, 1.82) is 0 Å². The third-order valence-corrected chi connectivity index (χ3v) is 6.15. The zero-order chi connectivity index (χ0) is 20.0. The highest BCUT2D eigenvalue weighted by Crippen LogP contribution is 2.38. The van der Waals surface area contributed by atoms with E-state index in [4.69, 9.17) is 4.42 Å². The molecular formula is C21H36IN5O2. The molecule has 1 aliphatic carbocycles. The van der Waals surface area contributed by atoms with Gasteiger partial charge in [0.25, 0.3) is 0 Å². The summed E-state index contributed by atoms with van der Waals surface area (Å²) in [4.78, 5) is 21.3. The Morgan fingerprint density at radius 1 is 1.24 bits per heavy atom. The Balaban J connectivity index is 0.00000300. The lowest BCUT2D eigenvalue weighted by Gasteiger charge is -2.32. The normalized spacial score (nSPS) is 20.2. The number of carbonyl (C=O) groups excluding carboxylic acids is 1. The van der Waals surface area contributed by atoms with E-state index in [-0.39, 0.29) is 41.3 Å². The summed E-state index contributed by atoms with van der Waals surface area (Å²) in [6.45, 7) is 3.54. The Kier molecular flexibility index (Phi) is 9.26. The third-order valence-electron chi connectivity index (χ3n) is 6.15. The van der Waals surface area contributed by atoms with Crippen molar-refractivity contribution in [3.8, 4) is 0 Å². The van der Waals surface area contributed by atoms with E-state index < -0.39 is 0 Å². The van der Waals surface area contributed by atoms with Crippen molar-refractivity contribution in [3.05, 3.63) is 24.2 Å². The predicted molar refractivity (Wildman–Crippen MR) is 127 cm³/mol. The standard InChI is InChI=1S/C21H35N5O2.HI/c1-22-20(24-16-21(10-4-5-11-21)19(27)25(2)3)23-15-17(18-9-8-14-28-18)26-12-6-7-13-26;/h8-9,14,17H,4-7,10-13,15-16H2,1-3H3,(H2,22,23,24);1H. The van der Waals surface area contributed by atoms with Crippen LogP contribution in [0.3, 0.4) is 0 Å². The summed E-state index contributed by atoms with van der Waals surface area (Å²) in [7, 11) is 5.47. The molecule has 1 saturated carbocycles. The summed E-state index contributed by atoms with van der Waals surface area (Å²) in [5.74, 6) is 1.95. The monoisotopic (exact) mass is 517 g/mol. The van der Waals surface area contributed by atoms with E-state index in [1.54, 1.807) is 18.2 Å². The summed E-state index contributed by atoms with van der Waals surface area (Å²) >= 11 is 0. The molecule has 1 aliphatic heterocycles. The van der Waals surface area contributed by atoms with Gasteiger partial charge in [0.1, 0.15) is 5.76 Å². The van der Waals surface area contributed by atoms with E-state index in [9.17, 15) is 4.79 Å². The number of amides is 1. The molecule has 1 unspecified atom stereocenters. The Bertz CT molecular complexity index is 650. The van der Waals surface area contributed by atoms with E-state index in [0.29, 0.717) is 6.54 Å². The molecule has 164 valence electrons. The molecule has 1 aromatic rings. The van der Waals surface area contributed by atoms with Gasteiger partial charge in [-0.25, -0.2) is 0 Å². The van der Waals surface area contributed by atoms with Crippen LogP contribution < -0.4 is 10.6 Å². The molecule has 0 radical (unpaired) electrons. The molecule has 1 saturated heterocycles. The van der Waals surface area contributed by atoms with Gasteiger partial charge >= 0.3 is 0 Å². The van der Waals surface area contributed by atoms with Gasteiger partial charge in [-0.2, -0.15) is 0 Å². The van der Waals surface area contributed by atoms with Gasteiger partial charge in [0, 0.05) is 34.2 Å². The molecule has 3 rings (SSSR count). The van der Waals surface area contributed by atoms with Crippen LogP contribution in [-0.2, 0) is 4.79 Å². The molecule has 1 aromatic heterocycles. The van der Waals surface area contributed by atoms with Crippen molar-refractivity contribution >= 4 is 35.8 Å². The maximum absolute atomic E-state index is 12.8. The third kappa shape index (κ3) is 5.87. The van der Waals surface area contributed by atoms with Crippen LogP contribution in [0.1, 0.15) is 50.3 Å². The first-order chi connectivity index (χ1) is 13.6. The van der Waals surface area contributed by atoms with Gasteiger partial charge in [0.2, 0.25) is 5.91 Å². The van der Waals surface area contributed by atoms with Crippen LogP contribution >= 0.6 is 24.0 Å². The van der Waals surface area contributed by atoms with Gasteiger partial charge in [0.15, 0.2) is 5.96 Å². The summed E-state index contributed by atoms with van der Waals surface area (Å²) < 4.78 is 5.70. The molecule has 7 nitrogen and oxygen atoms in total. The number of carbonyl (C=O) groups is 1. The molecule has 0 bridgehead atoms. The number of aliphatic imine (C=N–C) groups is 1. The van der Waals surface area contributed by atoms with Gasteiger partial charge in [-0.3, -0.25) is 14.7 Å². The first-order valence-corrected chi connectivity index (χ1v) is 10.5. The first-order valence-electron chi connectivity index (χ1n) is 10.5. The van der Waals surface area contributed by atoms with Gasteiger partial charge < -0.3 is 20.0 Å². The first kappa shape index (κ1) is 24.0. The lowest BCUT2D eigenvalue weighted by molar-refractivity contribution is -0.138. The molecule has 2 heterocycles. The smallest absolute Gasteiger partial charge is 0.230 e. The number of guanidine groups is 1. The van der Waals surface area contributed by atoms with Crippen molar-refractivity contribution in [1.82, 2.24) is 20.4 Å². The predicted octanol–water partition coefficient (Wildman–Crippen LogP) is 2.85. The fourth-order valence-electron chi connectivity index (χ4n) is 4.60. The summed E-state index contributed by atoms with van der Waals surface area (Å²) in [6.07, 6.45) is 8.32. The second-order valence-electron chi connectivity index (χ2n) is 8.27. The Hall–Kier alpha value is -1.29. The minimum atomic E-state index is -0.309. The summed E-state index contributed by atoms with van der Waals surface area (Å²) in [5.41, 5.74) is -0.309. The number of hydrogen-bond acceptors (Lipinski definition) is 4. The number of halogens is 1. The number of furan rings is 1. The molecular weight excluding hydrogens is 481 g/mol. The van der Waals surface area contributed by atoms with Crippen LogP contribution in [0.25, 0.3) is 0 Å². The minimum Gasteiger partial charge on any atom is -0.468 e. The number of likely N-dealkylation sites (tertiary alicyclic amines) is 1. The minimum absolute atomic E-state index is 0. The van der Waals surface area contributed by atoms with E-state index in [0.717, 1.165) is 57.0 Å². The van der Waals surface area contributed by atoms with Crippen molar-refractivity contribution < 1.29 is 9.21 Å². The van der Waals surface area contributed by atoms with Crippen LogP contribution in [0.2, 0.25) is 0 Å². The molecule has 1 amide bonds. The Morgan fingerprint density at radius 2 is 1.93 bits per heavy atom. The van der Waals surface area contributed by atoms with Crippen molar-refractivity contribution in [3.63, 3.8) is 0 Å². The lowest BCUT2D eigenvalue weighted by Crippen LogP contribution is -2.50. The fourth-order valence-corrected chi connectivity index (χ4v) is 4.60. The Morgan fingerprint density at radius 3 is 2.48 bits per heavy atom. The van der Waals surface area contributed by atoms with Gasteiger partial charge in [-0.05, 0) is 50.9 Å². The highest BCUT2D eigenvalue weighted by molar-refractivity contribution is 14.0. The largest absolute Gasteiger partial charge is 0.468 e. The molecule has 29 heavy (non-hydrogen) atoms. The van der Waals surface area contributed by atoms with E-state index >= 15 is 0 Å². The maximum atomic E-state index is 12.8. The SMILES string of the molecule is CN=C(NCC(c1ccco1)N1CCCC1)NCC1(C(=O)N(C)C)CCCC1.I. The van der Waals surface area contributed by atoms with Crippen LogP contribution in [0.5, 0.6) is 0 Å². The Labute approximate surface area is 191 Å². The molecule has 2 N–H and O–H groups in total. The molecule has 2 fully saturated rings. The fraction of sp³-hybridized carbons (Fsp3) is 0.714. The average molecular weight is 517 g/mol. The molecule has 1 atom stereocenters. The van der Waals surface area contributed by atoms with Crippen molar-refractivity contribution in [2.45, 2.75) is 44.6 Å². The lowest BCUT2D eigenvalue weighted by atomic mass is 9.84. The quantitative estimate of drug-likeness (QED) is 0.331. The number of nitrogens with zero attached hydrogens (tertiary/aromatic N) is 3. The van der Waals surface area contributed by atoms with Crippen molar-refractivity contribution in [2.24, 2.45) is 10.4 Å². The molecule has 0 aromatic carbocycles. The molecule has 8 heteroatoms. The van der Waals surface area contributed by atoms with E-state index in [2.05, 4.69) is 20.5 Å². The van der Waals surface area contributed by atoms with Crippen LogP contribution in [0.4, 0.5) is 0 Å². The van der Waals surface area contributed by atoms with E-state index in [1.807, 2.05) is 26.2 Å². The second-order valence-corrected chi connectivity index (χ2v) is 8.27. The summed E-state index contributed by atoms with van der Waals surface area (Å²) in [5, 5.41) is 6.88. The van der Waals surface area contributed by atoms with Crippen LogP contribution in [0.15, 0.2) is 27.8 Å². The molecule has 2 aliphatic rings. The van der Waals surface area contributed by atoms with Gasteiger partial charge in [0.05, 0.1) is 17.7 Å². The maximum Gasteiger partial charge on any atom is 0.230 e. The van der Waals surface area contributed by atoms with Crippen LogP contribution in [0, 0.1) is 5.41 Å². The van der Waals surface area contributed by atoms with Crippen LogP contribution in [-0.4, -0.2) is 69.0 Å². The number of nitrogens with one attached hydrogen (secondary N) is 2. The topological polar surface area (TPSA) is 73.1 Å². The number of hydrogen-bond donors (Lipinski definition) is 2. The second kappa shape index (κ2) is 11.2. The van der Waals surface area contributed by atoms with Gasteiger partial charge in [-0.15, -0.1) is 24.0 Å². The zero-order valence-corrected chi connectivity index (χ0v) is 20.3. The van der Waals surface area contributed by atoms with Gasteiger partial charge in [-0.1, -0.05) is 12.8 Å². The molecule has 0 spiro atoms. The highest BCUT2D eigenvalue weighted by Gasteiger charge is 2.42. The highest BCUT2D eigenvalue weighted by atomic mass is 127. The van der Waals surface area contributed by atoms with E-state index in [1.165, 1.54) is 12.8 Å². The zero-order valence-electron chi connectivity index (χ0n) is 17.9.